The number of amides is 1. The summed E-state index contributed by atoms with van der Waals surface area (Å²) < 4.78 is 10.9. The van der Waals surface area contributed by atoms with Crippen LogP contribution in [0.1, 0.15) is 26.3 Å². The molecule has 0 spiro atoms. The summed E-state index contributed by atoms with van der Waals surface area (Å²) in [5, 5.41) is 3.44. The van der Waals surface area contributed by atoms with E-state index in [1.807, 2.05) is 39.2 Å². The quantitative estimate of drug-likeness (QED) is 0.888. The van der Waals surface area contributed by atoms with Crippen molar-refractivity contribution < 1.29 is 14.3 Å². The standard InChI is InChI=1S/C15H25N3O3/c1-15(2,3)21-14(19)18-9-12(13(10-18)20-4)17-8-11-5-6-16-7-11/h5-7,12-13,16-17H,8-10H2,1-4H3/t12-,13-/m0/s1. The van der Waals surface area contributed by atoms with Crippen LogP contribution in [-0.2, 0) is 16.0 Å². The molecule has 0 bridgehead atoms. The number of aromatic nitrogens is 1. The van der Waals surface area contributed by atoms with E-state index in [0.717, 1.165) is 6.54 Å². The first-order valence-electron chi connectivity index (χ1n) is 7.25. The second-order valence-corrected chi connectivity index (χ2v) is 6.37. The molecule has 1 aromatic heterocycles. The average Bonchev–Trinajstić information content (AvgIpc) is 3.03. The van der Waals surface area contributed by atoms with Gasteiger partial charge in [0.05, 0.1) is 18.7 Å². The van der Waals surface area contributed by atoms with Gasteiger partial charge < -0.3 is 24.7 Å². The van der Waals surface area contributed by atoms with Crippen LogP contribution in [0.4, 0.5) is 4.79 Å². The smallest absolute Gasteiger partial charge is 0.410 e. The van der Waals surface area contributed by atoms with Crippen LogP contribution in [0.25, 0.3) is 0 Å². The van der Waals surface area contributed by atoms with Crippen LogP contribution in [0.2, 0.25) is 0 Å². The summed E-state index contributed by atoms with van der Waals surface area (Å²) in [6.45, 7) is 7.51. The molecule has 0 aromatic carbocycles. The molecule has 6 nitrogen and oxygen atoms in total. The Morgan fingerprint density at radius 1 is 1.48 bits per heavy atom. The van der Waals surface area contributed by atoms with Crippen molar-refractivity contribution in [2.24, 2.45) is 0 Å². The third-order valence-corrected chi connectivity index (χ3v) is 3.45. The first-order valence-corrected chi connectivity index (χ1v) is 7.25. The summed E-state index contributed by atoms with van der Waals surface area (Å²) in [4.78, 5) is 16.8. The van der Waals surface area contributed by atoms with E-state index in [1.165, 1.54) is 5.56 Å². The van der Waals surface area contributed by atoms with Crippen molar-refractivity contribution >= 4 is 6.09 Å². The highest BCUT2D eigenvalue weighted by Crippen LogP contribution is 2.18. The van der Waals surface area contributed by atoms with Gasteiger partial charge >= 0.3 is 6.09 Å². The van der Waals surface area contributed by atoms with Crippen LogP contribution in [-0.4, -0.2) is 53.9 Å². The van der Waals surface area contributed by atoms with Crippen molar-refractivity contribution in [2.45, 2.75) is 45.1 Å². The Labute approximate surface area is 125 Å². The summed E-state index contributed by atoms with van der Waals surface area (Å²) in [6, 6.07) is 2.13. The predicted molar refractivity (Wildman–Crippen MR) is 80.0 cm³/mol. The second kappa shape index (κ2) is 6.49. The van der Waals surface area contributed by atoms with Crippen LogP contribution in [0.15, 0.2) is 18.5 Å². The van der Waals surface area contributed by atoms with Gasteiger partial charge in [0.15, 0.2) is 0 Å². The molecule has 21 heavy (non-hydrogen) atoms. The Kier molecular flexibility index (Phi) is 4.90. The monoisotopic (exact) mass is 295 g/mol. The fourth-order valence-corrected chi connectivity index (χ4v) is 2.40. The molecule has 6 heteroatoms. The van der Waals surface area contributed by atoms with Gasteiger partial charge in [-0.2, -0.15) is 0 Å². The SMILES string of the molecule is CO[C@H]1CN(C(=O)OC(C)(C)C)C[C@@H]1NCc1cc[nH]c1. The predicted octanol–water partition coefficient (Wildman–Crippen LogP) is 1.74. The van der Waals surface area contributed by atoms with Gasteiger partial charge in [-0.15, -0.1) is 0 Å². The first kappa shape index (κ1) is 15.9. The van der Waals surface area contributed by atoms with Crippen molar-refractivity contribution in [2.75, 3.05) is 20.2 Å². The van der Waals surface area contributed by atoms with Gasteiger partial charge in [0.25, 0.3) is 0 Å². The lowest BCUT2D eigenvalue weighted by Gasteiger charge is -2.24. The number of nitrogens with one attached hydrogen (secondary N) is 2. The van der Waals surface area contributed by atoms with Crippen LogP contribution >= 0.6 is 0 Å². The molecule has 2 N–H and O–H groups in total. The molecule has 0 saturated carbocycles. The van der Waals surface area contributed by atoms with E-state index in [4.69, 9.17) is 9.47 Å². The minimum absolute atomic E-state index is 0.0172. The Bertz CT molecular complexity index is 453. The van der Waals surface area contributed by atoms with Crippen LogP contribution in [0.5, 0.6) is 0 Å². The number of nitrogens with zero attached hydrogens (tertiary/aromatic N) is 1. The normalized spacial score (nSPS) is 22.6. The van der Waals surface area contributed by atoms with Gasteiger partial charge in [-0.25, -0.2) is 4.79 Å². The molecule has 1 amide bonds. The lowest BCUT2D eigenvalue weighted by Crippen LogP contribution is -2.40. The number of methoxy groups -OCH3 is 1. The number of H-pyrrole nitrogens is 1. The van der Waals surface area contributed by atoms with Crippen molar-refractivity contribution in [3.63, 3.8) is 0 Å². The van der Waals surface area contributed by atoms with Crippen LogP contribution in [0.3, 0.4) is 0 Å². The molecule has 2 atom stereocenters. The molecule has 1 saturated heterocycles. The molecule has 1 aromatic rings. The maximum Gasteiger partial charge on any atom is 0.410 e. The molecule has 1 fully saturated rings. The molecule has 2 rings (SSSR count). The Morgan fingerprint density at radius 2 is 2.24 bits per heavy atom. The molecule has 1 aliphatic heterocycles. The zero-order chi connectivity index (χ0) is 15.5. The number of carbonyl (C=O) groups is 1. The van der Waals surface area contributed by atoms with E-state index in [0.29, 0.717) is 13.1 Å². The van der Waals surface area contributed by atoms with Crippen molar-refractivity contribution in [1.29, 1.82) is 0 Å². The number of ether oxygens (including phenoxy) is 2. The number of hydrogen-bond donors (Lipinski definition) is 2. The number of carbonyl (C=O) groups excluding carboxylic acids is 1. The lowest BCUT2D eigenvalue weighted by atomic mass is 10.2. The van der Waals surface area contributed by atoms with Gasteiger partial charge in [-0.1, -0.05) is 0 Å². The topological polar surface area (TPSA) is 66.6 Å². The fraction of sp³-hybridized carbons (Fsp3) is 0.667. The number of likely N-dealkylation sites (tertiary alicyclic amines) is 1. The molecular formula is C15H25N3O3. The molecule has 2 heterocycles. The van der Waals surface area contributed by atoms with Crippen molar-refractivity contribution in [3.8, 4) is 0 Å². The largest absolute Gasteiger partial charge is 0.444 e. The molecule has 118 valence electrons. The van der Waals surface area contributed by atoms with Gasteiger partial charge in [0, 0.05) is 32.6 Å². The first-order chi connectivity index (χ1) is 9.89. The minimum atomic E-state index is -0.476. The number of rotatable bonds is 4. The van der Waals surface area contributed by atoms with E-state index in [9.17, 15) is 4.79 Å². The summed E-state index contributed by atoms with van der Waals surface area (Å²) in [7, 11) is 1.67. The van der Waals surface area contributed by atoms with Gasteiger partial charge in [0.1, 0.15) is 5.60 Å². The van der Waals surface area contributed by atoms with Crippen LogP contribution in [0, 0.1) is 0 Å². The highest BCUT2D eigenvalue weighted by Gasteiger charge is 2.37. The summed E-state index contributed by atoms with van der Waals surface area (Å²) >= 11 is 0. The minimum Gasteiger partial charge on any atom is -0.444 e. The summed E-state index contributed by atoms with van der Waals surface area (Å²) in [6.07, 6.45) is 3.55. The number of aromatic amines is 1. The van der Waals surface area contributed by atoms with E-state index >= 15 is 0 Å². The molecule has 0 aliphatic carbocycles. The lowest BCUT2D eigenvalue weighted by molar-refractivity contribution is 0.0252. The Hall–Kier alpha value is -1.53. The van der Waals surface area contributed by atoms with E-state index < -0.39 is 5.60 Å². The van der Waals surface area contributed by atoms with Gasteiger partial charge in [-0.05, 0) is 32.4 Å². The third kappa shape index (κ3) is 4.47. The fourth-order valence-electron chi connectivity index (χ4n) is 2.40. The molecular weight excluding hydrogens is 270 g/mol. The molecule has 0 unspecified atom stereocenters. The van der Waals surface area contributed by atoms with E-state index in [2.05, 4.69) is 10.3 Å². The van der Waals surface area contributed by atoms with Crippen molar-refractivity contribution in [3.05, 3.63) is 24.0 Å². The van der Waals surface area contributed by atoms with Crippen molar-refractivity contribution in [1.82, 2.24) is 15.2 Å². The zero-order valence-corrected chi connectivity index (χ0v) is 13.2. The number of hydrogen-bond acceptors (Lipinski definition) is 4. The van der Waals surface area contributed by atoms with E-state index in [-0.39, 0.29) is 18.2 Å². The highest BCUT2D eigenvalue weighted by molar-refractivity contribution is 5.68. The summed E-state index contributed by atoms with van der Waals surface area (Å²) in [5.74, 6) is 0. The maximum atomic E-state index is 12.1. The third-order valence-electron chi connectivity index (χ3n) is 3.45. The molecule has 0 radical (unpaired) electrons. The van der Waals surface area contributed by atoms with Crippen LogP contribution < -0.4 is 5.32 Å². The molecule has 1 aliphatic rings. The van der Waals surface area contributed by atoms with E-state index in [1.54, 1.807) is 12.0 Å². The average molecular weight is 295 g/mol. The highest BCUT2D eigenvalue weighted by atomic mass is 16.6. The summed E-state index contributed by atoms with van der Waals surface area (Å²) in [5.41, 5.74) is 0.705. The second-order valence-electron chi connectivity index (χ2n) is 6.37. The van der Waals surface area contributed by atoms with Gasteiger partial charge in [-0.3, -0.25) is 0 Å². The maximum absolute atomic E-state index is 12.1. The van der Waals surface area contributed by atoms with Gasteiger partial charge in [0.2, 0.25) is 0 Å². The Morgan fingerprint density at radius 3 is 2.81 bits per heavy atom. The zero-order valence-electron chi connectivity index (χ0n) is 13.2. The Balaban J connectivity index is 1.89.